The molecule has 0 unspecified atom stereocenters. The number of aliphatic carboxylic acids is 1. The van der Waals surface area contributed by atoms with Gasteiger partial charge in [-0.2, -0.15) is 0 Å². The molecule has 0 aromatic carbocycles. The van der Waals surface area contributed by atoms with Crippen LogP contribution >= 0.6 is 0 Å². The van der Waals surface area contributed by atoms with E-state index in [4.69, 9.17) is 18.9 Å². The number of ether oxygens (including phenoxy) is 6. The molecular weight excluding hydrogens is 879 g/mol. The zero-order valence-corrected chi connectivity index (χ0v) is 40.1. The largest absolute Gasteiger partial charge is 0.481 e. The topological polar surface area (TPSA) is 294 Å². The van der Waals surface area contributed by atoms with Crippen LogP contribution in [0.1, 0.15) is 113 Å². The van der Waals surface area contributed by atoms with Crippen LogP contribution in [0.5, 0.6) is 0 Å². The first-order chi connectivity index (χ1) is 31.2. The van der Waals surface area contributed by atoms with Gasteiger partial charge in [-0.3, -0.25) is 19.2 Å². The molecule has 7 rings (SSSR count). The molecule has 1 amide bonds. The smallest absolute Gasteiger partial charge is 0.328 e. The molecule has 0 aromatic rings. The second-order valence-corrected chi connectivity index (χ2v) is 22.6. The number of carbonyl (C=O) groups excluding carboxylic acids is 4. The summed E-state index contributed by atoms with van der Waals surface area (Å²) in [5.41, 5.74) is -1.77. The third-order valence-electron chi connectivity index (χ3n) is 18.7. The quantitative estimate of drug-likeness (QED) is 0.107. The average molecular weight is 952 g/mol. The molecule has 2 saturated heterocycles. The summed E-state index contributed by atoms with van der Waals surface area (Å²) < 4.78 is 33.8. The van der Waals surface area contributed by atoms with Crippen LogP contribution in [0.25, 0.3) is 0 Å². The summed E-state index contributed by atoms with van der Waals surface area (Å²) in [7, 11) is 2.09. The highest BCUT2D eigenvalue weighted by Gasteiger charge is 2.71. The first-order valence-electron chi connectivity index (χ1n) is 23.8. The van der Waals surface area contributed by atoms with Crippen molar-refractivity contribution < 1.29 is 88.1 Å². The van der Waals surface area contributed by atoms with Crippen molar-refractivity contribution in [2.45, 2.75) is 186 Å². The number of hydrogen-bond acceptors (Lipinski definition) is 17. The molecule has 0 spiro atoms. The Bertz CT molecular complexity index is 1980. The number of hydrogen-bond donors (Lipinski definition) is 8. The highest BCUT2D eigenvalue weighted by atomic mass is 16.8. The van der Waals surface area contributed by atoms with E-state index in [0.29, 0.717) is 25.7 Å². The first-order valence-corrected chi connectivity index (χ1v) is 23.8. The van der Waals surface area contributed by atoms with E-state index in [1.807, 2.05) is 13.0 Å². The SMILES string of the molecule is COC(=O)C[C@H](NC(=O)[C@H]1O[C@@H](O[C@H]2[C@H](O[C@H]3CC[C@]4(C)[C@H]5C(=O)C=C6[C@@H]7C[C@@](C)(C(=O)O)CC[C@]7(C)CC[C@@]6(C)[C@]5(C)CC[C@H]4C3(C)C)O[C@H](CO)[C@@H](O)[C@@H]2O)[C@H](O)[C@@H](O)[C@@H]1O)C(=O)OC. The highest BCUT2D eigenvalue weighted by molar-refractivity contribution is 5.96. The molecule has 2 heterocycles. The number of carbonyl (C=O) groups is 5. The van der Waals surface area contributed by atoms with E-state index >= 15 is 0 Å². The van der Waals surface area contributed by atoms with E-state index < -0.39 is 132 Å². The van der Waals surface area contributed by atoms with Crippen LogP contribution in [0.15, 0.2) is 11.6 Å². The fraction of sp³-hybridized carbons (Fsp3) is 0.854. The van der Waals surface area contributed by atoms with Gasteiger partial charge in [0.15, 0.2) is 24.5 Å². The maximum atomic E-state index is 15.0. The Morgan fingerprint density at radius 2 is 1.46 bits per heavy atom. The molecule has 0 aromatic heterocycles. The van der Waals surface area contributed by atoms with Gasteiger partial charge in [0, 0.05) is 5.92 Å². The minimum absolute atomic E-state index is 0.0235. The number of carboxylic acid groups (broad SMARTS) is 1. The highest BCUT2D eigenvalue weighted by Crippen LogP contribution is 2.75. The van der Waals surface area contributed by atoms with Crippen molar-refractivity contribution in [1.82, 2.24) is 5.32 Å². The summed E-state index contributed by atoms with van der Waals surface area (Å²) >= 11 is 0. The standard InChI is InChI=1S/C48H73NO18/c1-43(2)27-10-13-48(7)37(25(51)18-22-23-20-45(4,42(60)61)15-14-44(23,3)16-17-47(22,48)6)46(27,5)12-11-28(43)65-41-36(32(55)30(53)26(21-50)64-41)67-40-34(57)31(54)33(56)35(66-40)38(58)49-24(39(59)63-9)19-29(52)62-8/h18,23-24,26-28,30-37,40-41,50,53-57H,10-17,19-21H2,1-9H3,(H,49,58)(H,60,61)/t23-,24-,26+,27-,28-,30+,31-,32-,33-,34+,35-,36+,37+,40-,41-,44+,45-,46-,47+,48+/m0/s1. The molecule has 19 heteroatoms. The van der Waals surface area contributed by atoms with Crippen LogP contribution in [0.2, 0.25) is 0 Å². The van der Waals surface area contributed by atoms with E-state index in [0.717, 1.165) is 51.9 Å². The van der Waals surface area contributed by atoms with Crippen LogP contribution in [0.3, 0.4) is 0 Å². The molecule has 67 heavy (non-hydrogen) atoms. The minimum atomic E-state index is -2.09. The normalized spacial score (nSPS) is 47.4. The first kappa shape index (κ1) is 51.7. The van der Waals surface area contributed by atoms with E-state index in [1.54, 1.807) is 0 Å². The van der Waals surface area contributed by atoms with Crippen molar-refractivity contribution in [3.8, 4) is 0 Å². The Kier molecular flexibility index (Phi) is 14.1. The number of carboxylic acids is 1. The zero-order chi connectivity index (χ0) is 49.6. The van der Waals surface area contributed by atoms with Crippen molar-refractivity contribution in [2.75, 3.05) is 20.8 Å². The van der Waals surface area contributed by atoms with Crippen molar-refractivity contribution in [1.29, 1.82) is 0 Å². The molecular formula is C48H73NO18. The summed E-state index contributed by atoms with van der Waals surface area (Å²) in [6.45, 7) is 14.3. The van der Waals surface area contributed by atoms with Gasteiger partial charge in [-0.05, 0) is 110 Å². The fourth-order valence-corrected chi connectivity index (χ4v) is 14.2. The average Bonchev–Trinajstić information content (AvgIpc) is 3.27. The van der Waals surface area contributed by atoms with Gasteiger partial charge in [0.05, 0.1) is 38.8 Å². The van der Waals surface area contributed by atoms with Crippen molar-refractivity contribution in [3.63, 3.8) is 0 Å². The predicted octanol–water partition coefficient (Wildman–Crippen LogP) is 1.29. The van der Waals surface area contributed by atoms with E-state index in [-0.39, 0.29) is 34.4 Å². The maximum absolute atomic E-state index is 15.0. The Hall–Kier alpha value is -3.11. The summed E-state index contributed by atoms with van der Waals surface area (Å²) in [6.07, 6.45) is -11.6. The summed E-state index contributed by atoms with van der Waals surface area (Å²) in [6, 6.07) is -1.59. The van der Waals surface area contributed by atoms with Crippen molar-refractivity contribution >= 4 is 29.6 Å². The predicted molar refractivity (Wildman–Crippen MR) is 232 cm³/mol. The van der Waals surface area contributed by atoms with Gasteiger partial charge in [-0.15, -0.1) is 0 Å². The summed E-state index contributed by atoms with van der Waals surface area (Å²) in [5.74, 6) is -4.28. The molecule has 5 aliphatic carbocycles. The lowest BCUT2D eigenvalue weighted by Crippen LogP contribution is -2.68. The number of rotatable bonds is 11. The lowest BCUT2D eigenvalue weighted by atomic mass is 9.33. The van der Waals surface area contributed by atoms with Crippen molar-refractivity contribution in [3.05, 3.63) is 11.6 Å². The lowest BCUT2D eigenvalue weighted by molar-refractivity contribution is -0.374. The Labute approximate surface area is 391 Å². The lowest BCUT2D eigenvalue weighted by Gasteiger charge is -2.70. The number of esters is 2. The van der Waals surface area contributed by atoms with Gasteiger partial charge in [-0.1, -0.05) is 47.1 Å². The molecule has 8 N–H and O–H groups in total. The molecule has 0 radical (unpaired) electrons. The van der Waals surface area contributed by atoms with Crippen LogP contribution in [0.4, 0.5) is 0 Å². The number of amides is 1. The monoisotopic (exact) mass is 951 g/mol. The summed E-state index contributed by atoms with van der Waals surface area (Å²) in [5, 5.41) is 78.1. The molecule has 20 atom stereocenters. The Morgan fingerprint density at radius 3 is 2.09 bits per heavy atom. The number of nitrogens with one attached hydrogen (secondary N) is 1. The third-order valence-corrected chi connectivity index (χ3v) is 18.7. The molecule has 2 aliphatic heterocycles. The van der Waals surface area contributed by atoms with Gasteiger partial charge < -0.3 is 69.5 Å². The Balaban J connectivity index is 1.13. The third kappa shape index (κ3) is 8.37. The number of aliphatic hydroxyl groups is 6. The van der Waals surface area contributed by atoms with E-state index in [2.05, 4.69) is 56.3 Å². The fourth-order valence-electron chi connectivity index (χ4n) is 14.2. The van der Waals surface area contributed by atoms with Gasteiger partial charge in [0.1, 0.15) is 48.8 Å². The number of methoxy groups -OCH3 is 2. The molecule has 7 aliphatic rings. The van der Waals surface area contributed by atoms with Crippen LogP contribution in [-0.4, -0.2) is 160 Å². The molecule has 378 valence electrons. The van der Waals surface area contributed by atoms with Gasteiger partial charge in [0.25, 0.3) is 5.91 Å². The Morgan fingerprint density at radius 1 is 0.791 bits per heavy atom. The van der Waals surface area contributed by atoms with Crippen LogP contribution < -0.4 is 5.32 Å². The molecule has 19 nitrogen and oxygen atoms in total. The van der Waals surface area contributed by atoms with Crippen LogP contribution in [0, 0.1) is 50.2 Å². The number of aliphatic hydroxyl groups excluding tert-OH is 6. The number of allylic oxidation sites excluding steroid dienone is 2. The molecule has 0 bridgehead atoms. The van der Waals surface area contributed by atoms with Crippen LogP contribution in [-0.2, 0) is 52.4 Å². The summed E-state index contributed by atoms with van der Waals surface area (Å²) in [4.78, 5) is 65.4. The molecule has 6 fully saturated rings. The second kappa shape index (κ2) is 18.2. The van der Waals surface area contributed by atoms with Gasteiger partial charge in [0.2, 0.25) is 0 Å². The van der Waals surface area contributed by atoms with Crippen molar-refractivity contribution in [2.24, 2.45) is 50.2 Å². The van der Waals surface area contributed by atoms with Gasteiger partial charge in [-0.25, -0.2) is 4.79 Å². The molecule has 4 saturated carbocycles. The van der Waals surface area contributed by atoms with Gasteiger partial charge >= 0.3 is 17.9 Å². The number of fused-ring (bicyclic) bond motifs is 7. The maximum Gasteiger partial charge on any atom is 0.328 e. The van der Waals surface area contributed by atoms with E-state index in [9.17, 15) is 59.7 Å². The number of ketones is 1. The minimum Gasteiger partial charge on any atom is -0.481 e. The van der Waals surface area contributed by atoms with E-state index in [1.165, 1.54) is 0 Å². The second-order valence-electron chi connectivity index (χ2n) is 22.6. The zero-order valence-electron chi connectivity index (χ0n) is 40.1.